The first-order valence-electron chi connectivity index (χ1n) is 43.0. The third kappa shape index (κ3) is 74.9. The number of unbranched alkanes of at least 4 members (excludes halogenated alkanes) is 51. The highest BCUT2D eigenvalue weighted by molar-refractivity contribution is 7.47. The molecule has 0 amide bonds. The zero-order chi connectivity index (χ0) is 74.9. The van der Waals surface area contributed by atoms with Gasteiger partial charge in [-0.3, -0.25) is 37.3 Å². The van der Waals surface area contributed by atoms with Gasteiger partial charge in [0.05, 0.1) is 26.4 Å². The topological polar surface area (TPSA) is 237 Å². The molecular formula is C83H162O17P2. The number of rotatable bonds is 82. The van der Waals surface area contributed by atoms with E-state index >= 15 is 0 Å². The summed E-state index contributed by atoms with van der Waals surface area (Å²) in [5.41, 5.74) is 0. The highest BCUT2D eigenvalue weighted by atomic mass is 31.2. The molecule has 0 saturated carbocycles. The molecule has 0 fully saturated rings. The second-order valence-corrected chi connectivity index (χ2v) is 33.5. The van der Waals surface area contributed by atoms with E-state index in [0.717, 1.165) is 102 Å². The first kappa shape index (κ1) is 100. The fraction of sp³-hybridized carbons (Fsp3) is 0.952. The normalized spacial score (nSPS) is 14.1. The SMILES string of the molecule is CCCCCCCCCCCCCCCCCCC(=O)OC[C@H](COP(=O)(O)OC[C@@H](O)COP(=O)(O)OC[C@@H](COC(=O)CCCCCCCCCCCCC)OC(=O)CCCCCCCCCCCCC(C)CC)OC(=O)CCCCCCCCCCCCCCCCCCCCC(C)C. The Hall–Kier alpha value is -1.94. The third-order valence-electron chi connectivity index (χ3n) is 19.8. The average Bonchev–Trinajstić information content (AvgIpc) is 0.971. The summed E-state index contributed by atoms with van der Waals surface area (Å²) in [5.74, 6) is -0.481. The number of carbonyl (C=O) groups excluding carboxylic acids is 4. The minimum atomic E-state index is -4.96. The van der Waals surface area contributed by atoms with Gasteiger partial charge in [0.1, 0.15) is 19.3 Å². The van der Waals surface area contributed by atoms with Crippen LogP contribution < -0.4 is 0 Å². The van der Waals surface area contributed by atoms with Crippen LogP contribution in [0.1, 0.15) is 440 Å². The van der Waals surface area contributed by atoms with Crippen molar-refractivity contribution in [2.45, 2.75) is 458 Å². The number of hydrogen-bond donors (Lipinski definition) is 3. The zero-order valence-electron chi connectivity index (χ0n) is 66.9. The number of phosphoric ester groups is 2. The summed E-state index contributed by atoms with van der Waals surface area (Å²) in [6, 6.07) is 0. The number of hydrogen-bond acceptors (Lipinski definition) is 15. The lowest BCUT2D eigenvalue weighted by atomic mass is 9.99. The maximum absolute atomic E-state index is 13.1. The lowest BCUT2D eigenvalue weighted by Gasteiger charge is -2.21. The van der Waals surface area contributed by atoms with Crippen LogP contribution in [0.15, 0.2) is 0 Å². The summed E-state index contributed by atoms with van der Waals surface area (Å²) >= 11 is 0. The molecule has 0 aromatic carbocycles. The standard InChI is InChI=1S/C83H162O17P2/c1-7-10-12-14-16-18-20-21-22-28-31-35-42-48-54-60-66-81(86)94-72-78(99-82(87)67-61-55-49-43-36-32-29-26-24-23-25-27-30-34-39-45-51-57-63-75(4)5)73-97-101(89,90)95-69-77(84)70-96-102(91,92)98-74-79(71-93-80(85)65-59-53-47-41-33-19-17-15-13-11-8-2)100-83(88)68-62-56-50-44-38-37-40-46-52-58-64-76(6)9-3/h75-79,84H,7-74H2,1-6H3,(H,89,90)(H,91,92)/t76?,77-,78-,79-/m1/s1. The fourth-order valence-corrected chi connectivity index (χ4v) is 14.4. The molecule has 0 radical (unpaired) electrons. The number of esters is 4. The number of phosphoric acid groups is 2. The molecule has 3 unspecified atom stereocenters. The quantitative estimate of drug-likeness (QED) is 0.0222. The largest absolute Gasteiger partial charge is 0.472 e. The van der Waals surface area contributed by atoms with Gasteiger partial charge in [0.2, 0.25) is 0 Å². The number of aliphatic hydroxyl groups excluding tert-OH is 1. The minimum Gasteiger partial charge on any atom is -0.462 e. The maximum Gasteiger partial charge on any atom is 0.472 e. The molecule has 17 nitrogen and oxygen atoms in total. The highest BCUT2D eigenvalue weighted by Crippen LogP contribution is 2.45. The van der Waals surface area contributed by atoms with Gasteiger partial charge in [-0.2, -0.15) is 0 Å². The maximum atomic E-state index is 13.1. The van der Waals surface area contributed by atoms with Crippen LogP contribution in [0.4, 0.5) is 0 Å². The summed E-state index contributed by atoms with van der Waals surface area (Å²) in [7, 11) is -9.92. The Bertz CT molecular complexity index is 1960. The van der Waals surface area contributed by atoms with Crippen LogP contribution >= 0.6 is 15.6 Å². The van der Waals surface area contributed by atoms with Crippen LogP contribution in [-0.2, 0) is 65.4 Å². The van der Waals surface area contributed by atoms with Crippen molar-refractivity contribution >= 4 is 39.5 Å². The number of carbonyl (C=O) groups is 4. The predicted octanol–water partition coefficient (Wildman–Crippen LogP) is 25.1. The van der Waals surface area contributed by atoms with Crippen molar-refractivity contribution in [2.75, 3.05) is 39.6 Å². The van der Waals surface area contributed by atoms with E-state index in [0.29, 0.717) is 25.7 Å². The van der Waals surface area contributed by atoms with Gasteiger partial charge in [0.25, 0.3) is 0 Å². The van der Waals surface area contributed by atoms with Crippen molar-refractivity contribution in [2.24, 2.45) is 11.8 Å². The zero-order valence-corrected chi connectivity index (χ0v) is 68.7. The molecule has 0 aliphatic rings. The molecule has 0 aliphatic carbocycles. The second-order valence-electron chi connectivity index (χ2n) is 30.6. The molecule has 3 N–H and O–H groups in total. The van der Waals surface area contributed by atoms with Crippen molar-refractivity contribution in [1.29, 1.82) is 0 Å². The molecule has 19 heteroatoms. The van der Waals surface area contributed by atoms with E-state index in [9.17, 15) is 43.2 Å². The monoisotopic (exact) mass is 1490 g/mol. The van der Waals surface area contributed by atoms with Crippen LogP contribution in [0, 0.1) is 11.8 Å². The summed E-state index contributed by atoms with van der Waals surface area (Å²) in [5, 5.41) is 10.7. The molecular weight excluding hydrogens is 1330 g/mol. The lowest BCUT2D eigenvalue weighted by Crippen LogP contribution is -2.30. The van der Waals surface area contributed by atoms with Gasteiger partial charge in [-0.05, 0) is 37.5 Å². The van der Waals surface area contributed by atoms with E-state index in [1.54, 1.807) is 0 Å². The molecule has 102 heavy (non-hydrogen) atoms. The van der Waals surface area contributed by atoms with E-state index < -0.39 is 97.5 Å². The Morgan fingerprint density at radius 2 is 0.500 bits per heavy atom. The molecule has 0 aliphatic heterocycles. The second kappa shape index (κ2) is 74.5. The third-order valence-corrected chi connectivity index (χ3v) is 21.7. The van der Waals surface area contributed by atoms with Crippen molar-refractivity contribution in [3.05, 3.63) is 0 Å². The molecule has 0 bridgehead atoms. The smallest absolute Gasteiger partial charge is 0.462 e. The van der Waals surface area contributed by atoms with Crippen LogP contribution in [0.2, 0.25) is 0 Å². The van der Waals surface area contributed by atoms with E-state index in [-0.39, 0.29) is 25.7 Å². The number of aliphatic hydroxyl groups is 1. The van der Waals surface area contributed by atoms with Gasteiger partial charge < -0.3 is 33.8 Å². The van der Waals surface area contributed by atoms with Gasteiger partial charge in [-0.15, -0.1) is 0 Å². The first-order chi connectivity index (χ1) is 49.4. The summed E-state index contributed by atoms with van der Waals surface area (Å²) in [4.78, 5) is 73.1. The van der Waals surface area contributed by atoms with Gasteiger partial charge in [-0.1, -0.05) is 388 Å². The van der Waals surface area contributed by atoms with E-state index in [2.05, 4.69) is 41.5 Å². The Kier molecular flexibility index (Phi) is 73.1. The summed E-state index contributed by atoms with van der Waals surface area (Å²) in [6.07, 6.45) is 65.1. The Morgan fingerprint density at radius 1 is 0.284 bits per heavy atom. The average molecular weight is 1490 g/mol. The number of ether oxygens (including phenoxy) is 4. The van der Waals surface area contributed by atoms with Gasteiger partial charge in [-0.25, -0.2) is 9.13 Å². The molecule has 6 atom stereocenters. The Morgan fingerprint density at radius 3 is 0.745 bits per heavy atom. The van der Waals surface area contributed by atoms with Crippen LogP contribution in [-0.4, -0.2) is 96.7 Å². The molecule has 0 spiro atoms. The lowest BCUT2D eigenvalue weighted by molar-refractivity contribution is -0.161. The Labute approximate surface area is 626 Å². The summed E-state index contributed by atoms with van der Waals surface area (Å²) < 4.78 is 68.8. The van der Waals surface area contributed by atoms with Crippen molar-refractivity contribution < 1.29 is 80.2 Å². The highest BCUT2D eigenvalue weighted by Gasteiger charge is 2.30. The van der Waals surface area contributed by atoms with E-state index in [1.165, 1.54) is 257 Å². The van der Waals surface area contributed by atoms with Crippen molar-refractivity contribution in [3.8, 4) is 0 Å². The predicted molar refractivity (Wildman–Crippen MR) is 418 cm³/mol. The fourth-order valence-electron chi connectivity index (χ4n) is 12.9. The molecule has 0 rings (SSSR count). The minimum absolute atomic E-state index is 0.107. The van der Waals surface area contributed by atoms with Crippen molar-refractivity contribution in [1.82, 2.24) is 0 Å². The van der Waals surface area contributed by atoms with Gasteiger partial charge in [0, 0.05) is 25.7 Å². The van der Waals surface area contributed by atoms with Crippen LogP contribution in [0.25, 0.3) is 0 Å². The van der Waals surface area contributed by atoms with Crippen molar-refractivity contribution in [3.63, 3.8) is 0 Å². The first-order valence-corrected chi connectivity index (χ1v) is 46.0. The van der Waals surface area contributed by atoms with E-state index in [4.69, 9.17) is 37.0 Å². The summed E-state index contributed by atoms with van der Waals surface area (Å²) in [6.45, 7) is 9.71. The van der Waals surface area contributed by atoms with Crippen LogP contribution in [0.3, 0.4) is 0 Å². The molecule has 606 valence electrons. The molecule has 0 heterocycles. The van der Waals surface area contributed by atoms with Crippen LogP contribution in [0.5, 0.6) is 0 Å². The Balaban J connectivity index is 5.24. The van der Waals surface area contributed by atoms with Gasteiger partial charge >= 0.3 is 39.5 Å². The molecule has 0 aromatic heterocycles. The molecule has 0 aromatic rings. The van der Waals surface area contributed by atoms with Gasteiger partial charge in [0.15, 0.2) is 12.2 Å². The van der Waals surface area contributed by atoms with E-state index in [1.807, 2.05) is 0 Å². The molecule has 0 saturated heterocycles.